The van der Waals surface area contributed by atoms with E-state index < -0.39 is 23.8 Å². The molecule has 2 aliphatic heterocycles. The number of hydrogen-bond donors (Lipinski definition) is 0. The van der Waals surface area contributed by atoms with Crippen LogP contribution in [0.5, 0.6) is 0 Å². The second kappa shape index (κ2) is 5.53. The van der Waals surface area contributed by atoms with Gasteiger partial charge in [0.2, 0.25) is 0 Å². The molecule has 23 heavy (non-hydrogen) atoms. The zero-order valence-corrected chi connectivity index (χ0v) is 12.4. The maximum atomic E-state index is 12.0. The molecule has 3 fully saturated rings. The zero-order chi connectivity index (χ0) is 16.7. The van der Waals surface area contributed by atoms with Gasteiger partial charge in [-0.2, -0.15) is 0 Å². The van der Waals surface area contributed by atoms with E-state index >= 15 is 0 Å². The van der Waals surface area contributed by atoms with Crippen molar-refractivity contribution in [2.24, 2.45) is 11.8 Å². The first kappa shape index (κ1) is 15.3. The van der Waals surface area contributed by atoms with E-state index in [-0.39, 0.29) is 31.1 Å². The first-order valence-electron chi connectivity index (χ1n) is 7.33. The van der Waals surface area contributed by atoms with Crippen molar-refractivity contribution in [3.63, 3.8) is 0 Å². The quantitative estimate of drug-likeness (QED) is 0.761. The normalized spacial score (nSPS) is 26.8. The molecule has 0 bridgehead atoms. The predicted molar refractivity (Wildman–Crippen MR) is 74.2 cm³/mol. The SMILES string of the molecule is C=C1CCC(=O)N1OC(=O)[C@H]1C[C@@H]1C(=O)ON1C(=C)CCC1=O. The summed E-state index contributed by atoms with van der Waals surface area (Å²) in [6, 6.07) is 0. The fourth-order valence-electron chi connectivity index (χ4n) is 2.52. The van der Waals surface area contributed by atoms with Crippen molar-refractivity contribution >= 4 is 23.8 Å². The summed E-state index contributed by atoms with van der Waals surface area (Å²) >= 11 is 0. The highest BCUT2D eigenvalue weighted by Gasteiger charge is 2.53. The molecule has 0 radical (unpaired) electrons. The minimum atomic E-state index is -0.672. The topological polar surface area (TPSA) is 93.2 Å². The van der Waals surface area contributed by atoms with E-state index in [1.54, 1.807) is 0 Å². The summed E-state index contributed by atoms with van der Waals surface area (Å²) in [5.74, 6) is -3.35. The van der Waals surface area contributed by atoms with E-state index in [0.717, 1.165) is 10.1 Å². The summed E-state index contributed by atoms with van der Waals surface area (Å²) in [5.41, 5.74) is 0.837. The number of carbonyl (C=O) groups excluding carboxylic acids is 4. The molecule has 122 valence electrons. The van der Waals surface area contributed by atoms with Crippen LogP contribution in [-0.2, 0) is 28.9 Å². The molecule has 0 N–H and O–H groups in total. The van der Waals surface area contributed by atoms with Gasteiger partial charge < -0.3 is 9.68 Å². The first-order chi connectivity index (χ1) is 10.9. The minimum absolute atomic E-state index is 0.251. The molecule has 1 saturated carbocycles. The van der Waals surface area contributed by atoms with Gasteiger partial charge in [-0.15, -0.1) is 10.1 Å². The van der Waals surface area contributed by atoms with E-state index in [2.05, 4.69) is 13.2 Å². The van der Waals surface area contributed by atoms with Crippen molar-refractivity contribution < 1.29 is 28.9 Å². The second-order valence-corrected chi connectivity index (χ2v) is 5.78. The molecular formula is C15H16N2O6. The van der Waals surface area contributed by atoms with E-state index in [1.807, 2.05) is 0 Å². The van der Waals surface area contributed by atoms with Crippen LogP contribution < -0.4 is 0 Å². The summed E-state index contributed by atoms with van der Waals surface area (Å²) in [5, 5.41) is 1.77. The Morgan fingerprint density at radius 2 is 1.22 bits per heavy atom. The van der Waals surface area contributed by atoms with Gasteiger partial charge in [0.05, 0.1) is 23.2 Å². The Balaban J connectivity index is 1.52. The maximum Gasteiger partial charge on any atom is 0.336 e. The molecule has 2 saturated heterocycles. The molecule has 1 aliphatic carbocycles. The smallest absolute Gasteiger partial charge is 0.333 e. The van der Waals surface area contributed by atoms with E-state index in [1.165, 1.54) is 0 Å². The van der Waals surface area contributed by atoms with Crippen molar-refractivity contribution in [2.75, 3.05) is 0 Å². The molecule has 8 heteroatoms. The monoisotopic (exact) mass is 320 g/mol. The lowest BCUT2D eigenvalue weighted by atomic mass is 10.3. The van der Waals surface area contributed by atoms with Crippen molar-refractivity contribution in [3.8, 4) is 0 Å². The third-order valence-electron chi connectivity index (χ3n) is 4.04. The number of nitrogens with zero attached hydrogens (tertiary/aromatic N) is 2. The number of carbonyl (C=O) groups is 4. The largest absolute Gasteiger partial charge is 0.336 e. The highest BCUT2D eigenvalue weighted by molar-refractivity contribution is 5.90. The van der Waals surface area contributed by atoms with E-state index in [4.69, 9.17) is 9.68 Å². The zero-order valence-electron chi connectivity index (χ0n) is 12.4. The first-order valence-corrected chi connectivity index (χ1v) is 7.33. The molecule has 0 aromatic carbocycles. The van der Waals surface area contributed by atoms with Crippen molar-refractivity contribution in [2.45, 2.75) is 32.1 Å². The van der Waals surface area contributed by atoms with Crippen molar-refractivity contribution in [1.29, 1.82) is 0 Å². The minimum Gasteiger partial charge on any atom is -0.333 e. The Labute approximate surface area is 132 Å². The number of allylic oxidation sites excluding steroid dienone is 2. The van der Waals surface area contributed by atoms with Gasteiger partial charge in [-0.3, -0.25) is 9.59 Å². The molecule has 0 spiro atoms. The van der Waals surface area contributed by atoms with Crippen LogP contribution in [0.2, 0.25) is 0 Å². The van der Waals surface area contributed by atoms with E-state index in [9.17, 15) is 19.2 Å². The fraction of sp³-hybridized carbons (Fsp3) is 0.467. The molecule has 0 aromatic rings. The number of rotatable bonds is 4. The molecule has 2 heterocycles. The van der Waals surface area contributed by atoms with Crippen LogP contribution in [0.1, 0.15) is 32.1 Å². The van der Waals surface area contributed by atoms with Gasteiger partial charge in [0.1, 0.15) is 0 Å². The predicted octanol–water partition coefficient (Wildman–Crippen LogP) is 0.811. The average Bonchev–Trinajstić information content (AvgIpc) is 3.19. The van der Waals surface area contributed by atoms with Gasteiger partial charge in [0.25, 0.3) is 11.8 Å². The van der Waals surface area contributed by atoms with Crippen LogP contribution in [-0.4, -0.2) is 33.9 Å². The standard InChI is InChI=1S/C15H16N2O6/c1-8-3-5-12(18)16(8)22-14(20)10-7-11(10)15(21)23-17-9(2)4-6-13(17)19/h10-11H,1-7H2/t10-,11-/m0/s1. The van der Waals surface area contributed by atoms with Gasteiger partial charge in [0, 0.05) is 12.8 Å². The molecule has 8 nitrogen and oxygen atoms in total. The molecule has 0 unspecified atom stereocenters. The van der Waals surface area contributed by atoms with Crippen LogP contribution >= 0.6 is 0 Å². The van der Waals surface area contributed by atoms with Crippen LogP contribution in [0.3, 0.4) is 0 Å². The summed E-state index contributed by atoms with van der Waals surface area (Å²) in [6.45, 7) is 7.28. The van der Waals surface area contributed by atoms with Gasteiger partial charge in [-0.25, -0.2) is 9.59 Å². The van der Waals surface area contributed by atoms with Crippen LogP contribution in [0.15, 0.2) is 24.6 Å². The molecular weight excluding hydrogens is 304 g/mol. The molecule has 3 aliphatic rings. The Kier molecular flexibility index (Phi) is 3.67. The van der Waals surface area contributed by atoms with Gasteiger partial charge >= 0.3 is 11.9 Å². The Morgan fingerprint density at radius 1 is 0.826 bits per heavy atom. The van der Waals surface area contributed by atoms with Crippen LogP contribution in [0, 0.1) is 11.8 Å². The summed E-state index contributed by atoms with van der Waals surface area (Å²) in [4.78, 5) is 57.0. The van der Waals surface area contributed by atoms with Gasteiger partial charge in [-0.05, 0) is 19.3 Å². The van der Waals surface area contributed by atoms with Crippen LogP contribution in [0.25, 0.3) is 0 Å². The lowest BCUT2D eigenvalue weighted by Crippen LogP contribution is -2.30. The number of amides is 2. The highest BCUT2D eigenvalue weighted by atomic mass is 16.7. The van der Waals surface area contributed by atoms with E-state index in [0.29, 0.717) is 24.2 Å². The Morgan fingerprint density at radius 3 is 1.52 bits per heavy atom. The summed E-state index contributed by atoms with van der Waals surface area (Å²) < 4.78 is 0. The summed E-state index contributed by atoms with van der Waals surface area (Å²) in [7, 11) is 0. The second-order valence-electron chi connectivity index (χ2n) is 5.78. The lowest BCUT2D eigenvalue weighted by Gasteiger charge is -2.16. The van der Waals surface area contributed by atoms with Gasteiger partial charge in [-0.1, -0.05) is 13.2 Å². The Hall–Kier alpha value is -2.64. The molecule has 0 aromatic heterocycles. The fourth-order valence-corrected chi connectivity index (χ4v) is 2.52. The third-order valence-corrected chi connectivity index (χ3v) is 4.04. The molecule has 2 amide bonds. The average molecular weight is 320 g/mol. The van der Waals surface area contributed by atoms with Gasteiger partial charge in [0.15, 0.2) is 0 Å². The molecule has 2 atom stereocenters. The van der Waals surface area contributed by atoms with Crippen LogP contribution in [0.4, 0.5) is 0 Å². The Bertz CT molecular complexity index is 554. The lowest BCUT2D eigenvalue weighted by molar-refractivity contribution is -0.192. The number of hydroxylamine groups is 4. The number of hydrogen-bond acceptors (Lipinski definition) is 6. The maximum absolute atomic E-state index is 12.0. The van der Waals surface area contributed by atoms with Crippen molar-refractivity contribution in [1.82, 2.24) is 10.1 Å². The molecule has 3 rings (SSSR count). The highest BCUT2D eigenvalue weighted by Crippen LogP contribution is 2.42. The summed E-state index contributed by atoms with van der Waals surface area (Å²) in [6.07, 6.45) is 1.66. The third kappa shape index (κ3) is 2.84. The van der Waals surface area contributed by atoms with Crippen molar-refractivity contribution in [3.05, 3.63) is 24.6 Å².